The van der Waals surface area contributed by atoms with Crippen LogP contribution >= 0.6 is 0 Å². The first kappa shape index (κ1) is 10.5. The quantitative estimate of drug-likeness (QED) is 0.504. The van der Waals surface area contributed by atoms with Gasteiger partial charge in [-0.05, 0) is 25.6 Å². The standard InChI is InChI=1S/C10H18O2Si/c1-9(2)10(11)12-13(3)7-5-4-6-8-13/h1,4-8H2,2-3H3. The largest absolute Gasteiger partial charge is 0.516 e. The smallest absolute Gasteiger partial charge is 0.319 e. The Bertz CT molecular complexity index is 217. The van der Waals surface area contributed by atoms with Crippen LogP contribution in [0.3, 0.4) is 0 Å². The third kappa shape index (κ3) is 2.99. The Morgan fingerprint density at radius 3 is 2.31 bits per heavy atom. The molecule has 0 spiro atoms. The molecule has 1 fully saturated rings. The zero-order valence-electron chi connectivity index (χ0n) is 8.56. The maximum atomic E-state index is 11.3. The summed E-state index contributed by atoms with van der Waals surface area (Å²) in [5.74, 6) is -0.184. The molecule has 1 heterocycles. The van der Waals surface area contributed by atoms with Gasteiger partial charge >= 0.3 is 5.97 Å². The summed E-state index contributed by atoms with van der Waals surface area (Å²) in [6.07, 6.45) is 3.76. The lowest BCUT2D eigenvalue weighted by Crippen LogP contribution is -2.38. The molecule has 1 saturated heterocycles. The number of rotatable bonds is 2. The molecule has 0 N–H and O–H groups in total. The zero-order valence-corrected chi connectivity index (χ0v) is 9.56. The molecule has 0 aliphatic carbocycles. The number of hydrogen-bond donors (Lipinski definition) is 0. The highest BCUT2D eigenvalue weighted by atomic mass is 28.4. The molecule has 0 aromatic heterocycles. The topological polar surface area (TPSA) is 26.3 Å². The van der Waals surface area contributed by atoms with Gasteiger partial charge in [0.2, 0.25) is 0 Å². The van der Waals surface area contributed by atoms with Crippen molar-refractivity contribution in [3.05, 3.63) is 12.2 Å². The van der Waals surface area contributed by atoms with E-state index in [9.17, 15) is 4.79 Å². The van der Waals surface area contributed by atoms with Crippen molar-refractivity contribution in [3.8, 4) is 0 Å². The average Bonchev–Trinajstić information content (AvgIpc) is 2.04. The maximum Gasteiger partial charge on any atom is 0.319 e. The first-order valence-electron chi connectivity index (χ1n) is 4.92. The van der Waals surface area contributed by atoms with Crippen LogP contribution in [0.5, 0.6) is 0 Å². The predicted molar refractivity (Wildman–Crippen MR) is 56.0 cm³/mol. The molecular weight excluding hydrogens is 180 g/mol. The molecule has 74 valence electrons. The molecule has 0 unspecified atom stereocenters. The minimum atomic E-state index is -1.67. The normalized spacial score (nSPS) is 20.8. The summed E-state index contributed by atoms with van der Waals surface area (Å²) < 4.78 is 5.54. The van der Waals surface area contributed by atoms with Crippen molar-refractivity contribution in [2.24, 2.45) is 0 Å². The molecule has 2 nitrogen and oxygen atoms in total. The van der Waals surface area contributed by atoms with E-state index >= 15 is 0 Å². The highest BCUT2D eigenvalue weighted by Gasteiger charge is 2.34. The van der Waals surface area contributed by atoms with Crippen molar-refractivity contribution in [2.45, 2.75) is 44.8 Å². The zero-order chi connectivity index (χ0) is 9.90. The lowest BCUT2D eigenvalue weighted by Gasteiger charge is -2.30. The molecule has 0 amide bonds. The molecule has 1 rings (SSSR count). The minimum absolute atomic E-state index is 0.184. The van der Waals surface area contributed by atoms with Gasteiger partial charge in [0, 0.05) is 5.57 Å². The number of carbonyl (C=O) groups is 1. The van der Waals surface area contributed by atoms with Crippen LogP contribution < -0.4 is 0 Å². The SMILES string of the molecule is C=C(C)C(=O)O[Si]1(C)CCCCC1. The van der Waals surface area contributed by atoms with Crippen LogP contribution in [-0.4, -0.2) is 14.3 Å². The number of hydrogen-bond acceptors (Lipinski definition) is 2. The molecule has 0 bridgehead atoms. The van der Waals surface area contributed by atoms with E-state index in [0.29, 0.717) is 5.57 Å². The summed E-state index contributed by atoms with van der Waals surface area (Å²) in [5.41, 5.74) is 0.527. The molecule has 13 heavy (non-hydrogen) atoms. The van der Waals surface area contributed by atoms with E-state index in [4.69, 9.17) is 4.43 Å². The second-order valence-electron chi connectivity index (χ2n) is 4.18. The van der Waals surface area contributed by atoms with Crippen molar-refractivity contribution in [2.75, 3.05) is 0 Å². The van der Waals surface area contributed by atoms with E-state index in [1.807, 2.05) is 0 Å². The number of carbonyl (C=O) groups excluding carboxylic acids is 1. The van der Waals surface area contributed by atoms with Gasteiger partial charge < -0.3 is 4.43 Å². The second-order valence-corrected chi connectivity index (χ2v) is 8.28. The highest BCUT2D eigenvalue weighted by molar-refractivity contribution is 6.74. The summed E-state index contributed by atoms with van der Waals surface area (Å²) in [7, 11) is -1.67. The van der Waals surface area contributed by atoms with E-state index in [1.54, 1.807) is 6.92 Å². The average molecular weight is 198 g/mol. The first-order valence-corrected chi connectivity index (χ1v) is 7.75. The van der Waals surface area contributed by atoms with Gasteiger partial charge in [0.05, 0.1) is 0 Å². The van der Waals surface area contributed by atoms with Crippen molar-refractivity contribution >= 4 is 14.3 Å². The summed E-state index contributed by atoms with van der Waals surface area (Å²) in [4.78, 5) is 11.3. The highest BCUT2D eigenvalue weighted by Crippen LogP contribution is 2.29. The van der Waals surface area contributed by atoms with Crippen LogP contribution in [0.2, 0.25) is 18.6 Å². The van der Waals surface area contributed by atoms with Gasteiger partial charge in [-0.15, -0.1) is 0 Å². The van der Waals surface area contributed by atoms with Crippen molar-refractivity contribution in [3.63, 3.8) is 0 Å². The molecule has 0 aromatic rings. The molecular formula is C10H18O2Si. The van der Waals surface area contributed by atoms with Crippen LogP contribution in [0.1, 0.15) is 26.2 Å². The Hall–Kier alpha value is -0.573. The van der Waals surface area contributed by atoms with Crippen LogP contribution in [0.15, 0.2) is 12.2 Å². The van der Waals surface area contributed by atoms with Crippen LogP contribution in [-0.2, 0) is 9.22 Å². The third-order valence-corrected chi connectivity index (χ3v) is 6.10. The molecule has 0 saturated carbocycles. The van der Waals surface area contributed by atoms with Gasteiger partial charge in [0.1, 0.15) is 0 Å². The van der Waals surface area contributed by atoms with Crippen LogP contribution in [0.25, 0.3) is 0 Å². The second kappa shape index (κ2) is 4.09. The van der Waals surface area contributed by atoms with E-state index in [1.165, 1.54) is 19.3 Å². The maximum absolute atomic E-state index is 11.3. The van der Waals surface area contributed by atoms with Crippen molar-refractivity contribution in [1.82, 2.24) is 0 Å². The summed E-state index contributed by atoms with van der Waals surface area (Å²) in [6, 6.07) is 2.26. The molecule has 0 radical (unpaired) electrons. The Morgan fingerprint density at radius 2 is 1.85 bits per heavy atom. The Kier molecular flexibility index (Phi) is 3.31. The van der Waals surface area contributed by atoms with Gasteiger partial charge in [-0.1, -0.05) is 25.8 Å². The van der Waals surface area contributed by atoms with E-state index in [-0.39, 0.29) is 5.97 Å². The molecule has 0 atom stereocenters. The minimum Gasteiger partial charge on any atom is -0.516 e. The monoisotopic (exact) mass is 198 g/mol. The van der Waals surface area contributed by atoms with Crippen LogP contribution in [0.4, 0.5) is 0 Å². The molecule has 1 aliphatic heterocycles. The molecule has 0 aromatic carbocycles. The lowest BCUT2D eigenvalue weighted by molar-refractivity contribution is -0.130. The summed E-state index contributed by atoms with van der Waals surface area (Å²) >= 11 is 0. The molecule has 3 heteroatoms. The van der Waals surface area contributed by atoms with Gasteiger partial charge in [-0.2, -0.15) is 0 Å². The van der Waals surface area contributed by atoms with E-state index in [2.05, 4.69) is 13.1 Å². The van der Waals surface area contributed by atoms with Crippen molar-refractivity contribution < 1.29 is 9.22 Å². The van der Waals surface area contributed by atoms with Gasteiger partial charge in [-0.25, -0.2) is 4.79 Å². The van der Waals surface area contributed by atoms with Gasteiger partial charge in [0.15, 0.2) is 0 Å². The van der Waals surface area contributed by atoms with E-state index in [0.717, 1.165) is 12.1 Å². The predicted octanol–water partition coefficient (Wildman–Crippen LogP) is 2.86. The lowest BCUT2D eigenvalue weighted by atomic mass is 10.3. The molecule has 1 aliphatic rings. The van der Waals surface area contributed by atoms with Gasteiger partial charge in [0.25, 0.3) is 8.32 Å². The Labute approximate surface area is 81.1 Å². The third-order valence-electron chi connectivity index (χ3n) is 2.60. The summed E-state index contributed by atoms with van der Waals surface area (Å²) in [5, 5.41) is 0. The van der Waals surface area contributed by atoms with E-state index < -0.39 is 8.32 Å². The fourth-order valence-electron chi connectivity index (χ4n) is 1.71. The van der Waals surface area contributed by atoms with Gasteiger partial charge in [-0.3, -0.25) is 0 Å². The Morgan fingerprint density at radius 1 is 1.31 bits per heavy atom. The summed E-state index contributed by atoms with van der Waals surface area (Å²) in [6.45, 7) is 7.47. The first-order chi connectivity index (χ1) is 6.03. The Balaban J connectivity index is 2.50. The fraction of sp³-hybridized carbons (Fsp3) is 0.700. The van der Waals surface area contributed by atoms with Crippen molar-refractivity contribution in [1.29, 1.82) is 0 Å². The fourth-order valence-corrected chi connectivity index (χ4v) is 4.78. The van der Waals surface area contributed by atoms with Crippen LogP contribution in [0, 0.1) is 0 Å².